The van der Waals surface area contributed by atoms with Crippen molar-refractivity contribution in [1.82, 2.24) is 9.80 Å². The third-order valence-corrected chi connectivity index (χ3v) is 5.14. The number of nitrogens with zero attached hydrogens (tertiary/aromatic N) is 2. The molecule has 8 heteroatoms. The van der Waals surface area contributed by atoms with Crippen LogP contribution in [0.2, 0.25) is 4.34 Å². The van der Waals surface area contributed by atoms with Crippen LogP contribution in [0, 0.1) is 0 Å². The molecule has 1 aromatic heterocycles. The number of amides is 3. The van der Waals surface area contributed by atoms with E-state index in [2.05, 4.69) is 0 Å². The first kappa shape index (κ1) is 13.0. The van der Waals surface area contributed by atoms with Gasteiger partial charge < -0.3 is 4.90 Å². The molecule has 0 bridgehead atoms. The average Bonchev–Trinajstić information content (AvgIpc) is 2.87. The van der Waals surface area contributed by atoms with E-state index in [0.717, 1.165) is 11.8 Å². The summed E-state index contributed by atoms with van der Waals surface area (Å²) in [5, 5.41) is -0.207. The number of hydrogen-bond donors (Lipinski definition) is 0. The molecule has 5 nitrogen and oxygen atoms in total. The lowest BCUT2D eigenvalue weighted by atomic mass is 10.1. The van der Waals surface area contributed by atoms with Gasteiger partial charge in [0.25, 0.3) is 11.1 Å². The van der Waals surface area contributed by atoms with Gasteiger partial charge in [-0.3, -0.25) is 19.3 Å². The number of rotatable bonds is 2. The fraction of sp³-hybridized carbons (Fsp3) is 0.364. The maximum atomic E-state index is 12.0. The quantitative estimate of drug-likeness (QED) is 0.836. The summed E-state index contributed by atoms with van der Waals surface area (Å²) in [6, 6.07) is 3.19. The lowest BCUT2D eigenvalue weighted by molar-refractivity contribution is -0.128. The van der Waals surface area contributed by atoms with Gasteiger partial charge in [0.05, 0.1) is 21.0 Å². The highest BCUT2D eigenvalue weighted by Gasteiger charge is 2.43. The van der Waals surface area contributed by atoms with E-state index in [4.69, 9.17) is 11.6 Å². The van der Waals surface area contributed by atoms with Crippen LogP contribution in [-0.2, 0) is 4.79 Å². The molecule has 2 fully saturated rings. The highest BCUT2D eigenvalue weighted by Crippen LogP contribution is 2.29. The molecule has 0 unspecified atom stereocenters. The van der Waals surface area contributed by atoms with Gasteiger partial charge in [0, 0.05) is 13.1 Å². The molecule has 0 atom stereocenters. The van der Waals surface area contributed by atoms with Crippen molar-refractivity contribution in [3.63, 3.8) is 0 Å². The molecule has 0 aromatic carbocycles. The maximum Gasteiger partial charge on any atom is 0.289 e. The normalized spacial score (nSPS) is 20.1. The Bertz CT molecular complexity index is 552. The van der Waals surface area contributed by atoms with Gasteiger partial charge in [-0.1, -0.05) is 23.4 Å². The summed E-state index contributed by atoms with van der Waals surface area (Å²) in [6.45, 7) is 0.818. The van der Waals surface area contributed by atoms with Crippen LogP contribution in [0.3, 0.4) is 0 Å². The topological polar surface area (TPSA) is 57.7 Å². The monoisotopic (exact) mass is 316 g/mol. The van der Waals surface area contributed by atoms with E-state index in [1.807, 2.05) is 0 Å². The molecule has 100 valence electrons. The van der Waals surface area contributed by atoms with E-state index in [9.17, 15) is 14.4 Å². The Kier molecular flexibility index (Phi) is 3.28. The number of carbonyl (C=O) groups excluding carboxylic acids is 3. The van der Waals surface area contributed by atoms with Gasteiger partial charge in [0.15, 0.2) is 0 Å². The van der Waals surface area contributed by atoms with Gasteiger partial charge in [-0.05, 0) is 12.1 Å². The van der Waals surface area contributed by atoms with E-state index >= 15 is 0 Å². The standard InChI is InChI=1S/C11H9ClN2O3S2/c12-8-2-1-7(19-8)10(16)13-3-6(4-13)14-9(15)5-18-11(14)17/h1-2,6H,3-5H2. The fourth-order valence-electron chi connectivity index (χ4n) is 2.09. The van der Waals surface area contributed by atoms with Crippen molar-refractivity contribution < 1.29 is 14.4 Å². The molecular weight excluding hydrogens is 308 g/mol. The molecular formula is C11H9ClN2O3S2. The SMILES string of the molecule is O=C(c1ccc(Cl)s1)N1CC(N2C(=O)CSC2=O)C1. The number of likely N-dealkylation sites (tertiary alicyclic amines) is 1. The van der Waals surface area contributed by atoms with Crippen molar-refractivity contribution >= 4 is 51.8 Å². The van der Waals surface area contributed by atoms with Gasteiger partial charge in [-0.15, -0.1) is 11.3 Å². The predicted molar refractivity (Wildman–Crippen MR) is 73.7 cm³/mol. The molecule has 2 aliphatic heterocycles. The van der Waals surface area contributed by atoms with Crippen LogP contribution < -0.4 is 0 Å². The van der Waals surface area contributed by atoms with Crippen molar-refractivity contribution in [2.75, 3.05) is 18.8 Å². The van der Waals surface area contributed by atoms with Crippen molar-refractivity contribution in [3.8, 4) is 0 Å². The molecule has 0 N–H and O–H groups in total. The first-order valence-electron chi connectivity index (χ1n) is 5.59. The summed E-state index contributed by atoms with van der Waals surface area (Å²) in [5.74, 6) is -0.0461. The molecule has 0 aliphatic carbocycles. The van der Waals surface area contributed by atoms with E-state index in [1.165, 1.54) is 16.2 Å². The number of thiophene rings is 1. The van der Waals surface area contributed by atoms with E-state index < -0.39 is 0 Å². The molecule has 3 rings (SSSR count). The highest BCUT2D eigenvalue weighted by molar-refractivity contribution is 8.14. The van der Waals surface area contributed by atoms with Crippen LogP contribution in [-0.4, -0.2) is 51.7 Å². The summed E-state index contributed by atoms with van der Waals surface area (Å²) < 4.78 is 0.571. The van der Waals surface area contributed by atoms with E-state index in [-0.39, 0.29) is 28.8 Å². The van der Waals surface area contributed by atoms with Crippen LogP contribution in [0.15, 0.2) is 12.1 Å². The molecule has 0 saturated carbocycles. The molecule has 3 amide bonds. The second-order valence-corrected chi connectivity index (χ2v) is 6.93. The average molecular weight is 317 g/mol. The minimum absolute atomic E-state index is 0.0973. The zero-order valence-corrected chi connectivity index (χ0v) is 12.1. The summed E-state index contributed by atoms with van der Waals surface area (Å²) in [6.07, 6.45) is 0. The minimum atomic E-state index is -0.207. The Labute approximate surface area is 122 Å². The van der Waals surface area contributed by atoms with E-state index in [0.29, 0.717) is 22.3 Å². The van der Waals surface area contributed by atoms with E-state index in [1.54, 1.807) is 17.0 Å². The summed E-state index contributed by atoms with van der Waals surface area (Å²) in [5.41, 5.74) is 0. The molecule has 2 aliphatic rings. The minimum Gasteiger partial charge on any atom is -0.334 e. The third-order valence-electron chi connectivity index (χ3n) is 3.08. The lowest BCUT2D eigenvalue weighted by Crippen LogP contribution is -2.62. The summed E-state index contributed by atoms with van der Waals surface area (Å²) in [4.78, 5) is 38.6. The Morgan fingerprint density at radius 3 is 2.58 bits per heavy atom. The van der Waals surface area contributed by atoms with Crippen molar-refractivity contribution in [1.29, 1.82) is 0 Å². The molecule has 1 aromatic rings. The van der Waals surface area contributed by atoms with Crippen LogP contribution in [0.1, 0.15) is 9.67 Å². The Hall–Kier alpha value is -1.05. The maximum absolute atomic E-state index is 12.0. The number of thioether (sulfide) groups is 1. The van der Waals surface area contributed by atoms with Gasteiger partial charge in [0.2, 0.25) is 5.91 Å². The summed E-state index contributed by atoms with van der Waals surface area (Å²) >= 11 is 8.04. The largest absolute Gasteiger partial charge is 0.334 e. The fourth-order valence-corrected chi connectivity index (χ4v) is 3.87. The Balaban J connectivity index is 1.62. The third kappa shape index (κ3) is 2.26. The molecule has 0 radical (unpaired) electrons. The second kappa shape index (κ2) is 4.81. The van der Waals surface area contributed by atoms with Crippen molar-refractivity contribution in [3.05, 3.63) is 21.3 Å². The first-order valence-corrected chi connectivity index (χ1v) is 7.77. The van der Waals surface area contributed by atoms with Crippen molar-refractivity contribution in [2.45, 2.75) is 6.04 Å². The number of carbonyl (C=O) groups is 3. The van der Waals surface area contributed by atoms with Crippen LogP contribution in [0.4, 0.5) is 4.79 Å². The molecule has 2 saturated heterocycles. The molecule has 3 heterocycles. The van der Waals surface area contributed by atoms with Gasteiger partial charge in [-0.25, -0.2) is 0 Å². The van der Waals surface area contributed by atoms with Crippen LogP contribution in [0.25, 0.3) is 0 Å². The van der Waals surface area contributed by atoms with Gasteiger partial charge in [-0.2, -0.15) is 0 Å². The van der Waals surface area contributed by atoms with Gasteiger partial charge >= 0.3 is 0 Å². The Morgan fingerprint density at radius 2 is 2.05 bits per heavy atom. The smallest absolute Gasteiger partial charge is 0.289 e. The predicted octanol–water partition coefficient (Wildman–Crippen LogP) is 1.92. The Morgan fingerprint density at radius 1 is 1.32 bits per heavy atom. The zero-order valence-electron chi connectivity index (χ0n) is 9.67. The lowest BCUT2D eigenvalue weighted by Gasteiger charge is -2.42. The van der Waals surface area contributed by atoms with Crippen molar-refractivity contribution in [2.24, 2.45) is 0 Å². The second-order valence-electron chi connectivity index (χ2n) is 4.29. The summed E-state index contributed by atoms with van der Waals surface area (Å²) in [7, 11) is 0. The first-order chi connectivity index (χ1) is 9.06. The van der Waals surface area contributed by atoms with Crippen LogP contribution in [0.5, 0.6) is 0 Å². The molecule has 0 spiro atoms. The zero-order chi connectivity index (χ0) is 13.6. The van der Waals surface area contributed by atoms with Gasteiger partial charge in [0.1, 0.15) is 0 Å². The van der Waals surface area contributed by atoms with Crippen LogP contribution >= 0.6 is 34.7 Å². The molecule has 19 heavy (non-hydrogen) atoms. The number of hydrogen-bond acceptors (Lipinski definition) is 5. The highest BCUT2D eigenvalue weighted by atomic mass is 35.5. The number of imide groups is 1. The number of halogens is 1.